The molecule has 0 aliphatic rings. The predicted molar refractivity (Wildman–Crippen MR) is 78.5 cm³/mol. The number of halogens is 1. The second kappa shape index (κ2) is 8.82. The van der Waals surface area contributed by atoms with E-state index in [0.717, 1.165) is 13.1 Å². The zero-order valence-electron chi connectivity index (χ0n) is 12.6. The maximum absolute atomic E-state index is 13.6. The zero-order chi connectivity index (χ0) is 15.0. The molecule has 0 aliphatic carbocycles. The first kappa shape index (κ1) is 16.8. The smallest absolute Gasteiger partial charge is 0.169 e. The lowest BCUT2D eigenvalue weighted by atomic mass is 9.98. The fourth-order valence-electron chi connectivity index (χ4n) is 2.11. The van der Waals surface area contributed by atoms with Crippen LogP contribution in [0.3, 0.4) is 0 Å². The van der Waals surface area contributed by atoms with Crippen molar-refractivity contribution in [1.29, 1.82) is 0 Å². The van der Waals surface area contributed by atoms with Crippen molar-refractivity contribution in [1.82, 2.24) is 4.90 Å². The van der Waals surface area contributed by atoms with Crippen molar-refractivity contribution >= 4 is 5.78 Å². The van der Waals surface area contributed by atoms with Crippen LogP contribution in [-0.4, -0.2) is 43.5 Å². The maximum Gasteiger partial charge on any atom is 0.169 e. The second-order valence-corrected chi connectivity index (χ2v) is 4.84. The van der Waals surface area contributed by atoms with E-state index in [4.69, 9.17) is 4.74 Å². The highest BCUT2D eigenvalue weighted by atomic mass is 19.1. The molecule has 20 heavy (non-hydrogen) atoms. The first-order chi connectivity index (χ1) is 9.60. The number of ketones is 1. The predicted octanol–water partition coefficient (Wildman–Crippen LogP) is 3.00. The summed E-state index contributed by atoms with van der Waals surface area (Å²) in [6.45, 7) is 9.47. The third-order valence-corrected chi connectivity index (χ3v) is 3.32. The van der Waals surface area contributed by atoms with Gasteiger partial charge >= 0.3 is 0 Å². The second-order valence-electron chi connectivity index (χ2n) is 4.84. The fourth-order valence-corrected chi connectivity index (χ4v) is 2.11. The number of carbonyl (C=O) groups excluding carboxylic acids is 1. The molecule has 1 atom stereocenters. The molecule has 0 N–H and O–H groups in total. The summed E-state index contributed by atoms with van der Waals surface area (Å²) in [7, 11) is 0. The minimum absolute atomic E-state index is 0.141. The van der Waals surface area contributed by atoms with E-state index in [-0.39, 0.29) is 17.3 Å². The number of carbonyl (C=O) groups is 1. The van der Waals surface area contributed by atoms with Gasteiger partial charge in [0.15, 0.2) is 5.78 Å². The molecule has 4 heteroatoms. The van der Waals surface area contributed by atoms with Gasteiger partial charge in [-0.25, -0.2) is 4.39 Å². The molecular weight excluding hydrogens is 257 g/mol. The van der Waals surface area contributed by atoms with Crippen molar-refractivity contribution in [3.05, 3.63) is 35.6 Å². The molecule has 3 nitrogen and oxygen atoms in total. The third kappa shape index (κ3) is 5.02. The molecule has 1 aromatic carbocycles. The third-order valence-electron chi connectivity index (χ3n) is 3.32. The highest BCUT2D eigenvalue weighted by Crippen LogP contribution is 2.14. The Kier molecular flexibility index (Phi) is 7.41. The number of benzene rings is 1. The van der Waals surface area contributed by atoms with Gasteiger partial charge in [-0.2, -0.15) is 0 Å². The summed E-state index contributed by atoms with van der Waals surface area (Å²) in [5.41, 5.74) is 0.181. The van der Waals surface area contributed by atoms with Crippen LogP contribution in [0, 0.1) is 11.7 Å². The topological polar surface area (TPSA) is 29.5 Å². The summed E-state index contributed by atoms with van der Waals surface area (Å²) in [5, 5.41) is 0. The summed E-state index contributed by atoms with van der Waals surface area (Å²) in [6.07, 6.45) is 0. The standard InChI is InChI=1S/C16H24FNO2/c1-4-18(10-11-20-5-2)12-13(3)16(19)14-8-6-7-9-15(14)17/h6-9,13H,4-5,10-12H2,1-3H3. The van der Waals surface area contributed by atoms with Crippen molar-refractivity contribution in [2.45, 2.75) is 20.8 Å². The van der Waals surface area contributed by atoms with E-state index in [1.165, 1.54) is 6.07 Å². The lowest BCUT2D eigenvalue weighted by Gasteiger charge is -2.23. The molecule has 1 rings (SSSR count). The van der Waals surface area contributed by atoms with Gasteiger partial charge in [-0.1, -0.05) is 26.0 Å². The molecule has 0 saturated carbocycles. The number of hydrogen-bond donors (Lipinski definition) is 0. The number of hydrogen-bond acceptors (Lipinski definition) is 3. The average Bonchev–Trinajstić information content (AvgIpc) is 2.46. The quantitative estimate of drug-likeness (QED) is 0.515. The van der Waals surface area contributed by atoms with E-state index in [0.29, 0.717) is 19.8 Å². The highest BCUT2D eigenvalue weighted by Gasteiger charge is 2.20. The van der Waals surface area contributed by atoms with Crippen LogP contribution in [-0.2, 0) is 4.74 Å². The molecule has 0 heterocycles. The molecule has 0 spiro atoms. The Morgan fingerprint density at radius 2 is 2.05 bits per heavy atom. The van der Waals surface area contributed by atoms with Crippen molar-refractivity contribution in [3.8, 4) is 0 Å². The van der Waals surface area contributed by atoms with E-state index in [2.05, 4.69) is 4.90 Å². The average molecular weight is 281 g/mol. The van der Waals surface area contributed by atoms with Gasteiger partial charge in [0, 0.05) is 25.6 Å². The Balaban J connectivity index is 2.58. The number of ether oxygens (including phenoxy) is 1. The number of rotatable bonds is 9. The Labute approximate surface area is 120 Å². The minimum atomic E-state index is -0.443. The van der Waals surface area contributed by atoms with Gasteiger partial charge in [-0.3, -0.25) is 4.79 Å². The van der Waals surface area contributed by atoms with Gasteiger partial charge in [0.05, 0.1) is 12.2 Å². The first-order valence-electron chi connectivity index (χ1n) is 7.18. The van der Waals surface area contributed by atoms with Gasteiger partial charge < -0.3 is 9.64 Å². The lowest BCUT2D eigenvalue weighted by Crippen LogP contribution is -2.34. The molecule has 1 aromatic rings. The van der Waals surface area contributed by atoms with Crippen LogP contribution >= 0.6 is 0 Å². The largest absolute Gasteiger partial charge is 0.380 e. The Morgan fingerprint density at radius 3 is 2.65 bits per heavy atom. The van der Waals surface area contributed by atoms with E-state index < -0.39 is 5.82 Å². The Bertz CT molecular complexity index is 423. The molecule has 0 fully saturated rings. The Hall–Kier alpha value is -1.26. The van der Waals surface area contributed by atoms with Crippen molar-refractivity contribution < 1.29 is 13.9 Å². The monoisotopic (exact) mass is 281 g/mol. The van der Waals surface area contributed by atoms with Gasteiger partial charge in [-0.05, 0) is 25.6 Å². The van der Waals surface area contributed by atoms with Gasteiger partial charge in [-0.15, -0.1) is 0 Å². The SMILES string of the molecule is CCOCCN(CC)CC(C)C(=O)c1ccccc1F. The number of likely N-dealkylation sites (N-methyl/N-ethyl adjacent to an activating group) is 1. The Morgan fingerprint density at radius 1 is 1.35 bits per heavy atom. The van der Waals surface area contributed by atoms with Crippen LogP contribution in [0.15, 0.2) is 24.3 Å². The lowest BCUT2D eigenvalue weighted by molar-refractivity contribution is 0.0842. The molecule has 0 amide bonds. The van der Waals surface area contributed by atoms with E-state index >= 15 is 0 Å². The highest BCUT2D eigenvalue weighted by molar-refractivity contribution is 5.98. The molecule has 0 bridgehead atoms. The molecule has 0 aliphatic heterocycles. The van der Waals surface area contributed by atoms with Gasteiger partial charge in [0.25, 0.3) is 0 Å². The van der Waals surface area contributed by atoms with Crippen molar-refractivity contribution in [2.75, 3.05) is 32.8 Å². The summed E-state index contributed by atoms with van der Waals surface area (Å²) in [5.74, 6) is -0.812. The zero-order valence-corrected chi connectivity index (χ0v) is 12.6. The number of nitrogens with zero attached hydrogens (tertiary/aromatic N) is 1. The fraction of sp³-hybridized carbons (Fsp3) is 0.562. The van der Waals surface area contributed by atoms with E-state index in [1.807, 2.05) is 20.8 Å². The van der Waals surface area contributed by atoms with Crippen LogP contribution < -0.4 is 0 Å². The van der Waals surface area contributed by atoms with Crippen molar-refractivity contribution in [3.63, 3.8) is 0 Å². The summed E-state index contributed by atoms with van der Waals surface area (Å²) in [6, 6.07) is 6.16. The van der Waals surface area contributed by atoms with Crippen LogP contribution in [0.2, 0.25) is 0 Å². The summed E-state index contributed by atoms with van der Waals surface area (Å²) in [4.78, 5) is 14.4. The minimum Gasteiger partial charge on any atom is -0.380 e. The maximum atomic E-state index is 13.6. The van der Waals surface area contributed by atoms with Crippen LogP contribution in [0.1, 0.15) is 31.1 Å². The molecule has 0 saturated heterocycles. The van der Waals surface area contributed by atoms with E-state index in [9.17, 15) is 9.18 Å². The summed E-state index contributed by atoms with van der Waals surface area (Å²) >= 11 is 0. The van der Waals surface area contributed by atoms with Crippen LogP contribution in [0.5, 0.6) is 0 Å². The van der Waals surface area contributed by atoms with Gasteiger partial charge in [0.2, 0.25) is 0 Å². The molecule has 1 unspecified atom stereocenters. The molecular formula is C16H24FNO2. The van der Waals surface area contributed by atoms with Crippen LogP contribution in [0.4, 0.5) is 4.39 Å². The summed E-state index contributed by atoms with van der Waals surface area (Å²) < 4.78 is 18.9. The molecule has 0 radical (unpaired) electrons. The van der Waals surface area contributed by atoms with E-state index in [1.54, 1.807) is 18.2 Å². The molecule has 0 aromatic heterocycles. The first-order valence-corrected chi connectivity index (χ1v) is 7.18. The number of Topliss-reactive ketones (excluding diaryl/α,β-unsaturated/α-hetero) is 1. The molecule has 112 valence electrons. The normalized spacial score (nSPS) is 12.7. The van der Waals surface area contributed by atoms with Crippen LogP contribution in [0.25, 0.3) is 0 Å². The van der Waals surface area contributed by atoms with Crippen molar-refractivity contribution in [2.24, 2.45) is 5.92 Å². The van der Waals surface area contributed by atoms with Gasteiger partial charge in [0.1, 0.15) is 5.82 Å².